The Labute approximate surface area is 154 Å². The van der Waals surface area contributed by atoms with E-state index in [1.165, 1.54) is 19.3 Å². The van der Waals surface area contributed by atoms with Gasteiger partial charge in [0.2, 0.25) is 0 Å². The number of aromatic amines is 1. The molecular formula is C19H18FN5O2. The second-order valence-corrected chi connectivity index (χ2v) is 6.59. The Kier molecular flexibility index (Phi) is 4.31. The van der Waals surface area contributed by atoms with Crippen LogP contribution in [0.3, 0.4) is 0 Å². The molecule has 1 saturated carbocycles. The fraction of sp³-hybridized carbons (Fsp3) is 0.263. The van der Waals surface area contributed by atoms with E-state index in [0.29, 0.717) is 27.7 Å². The van der Waals surface area contributed by atoms with Crippen LogP contribution in [-0.2, 0) is 6.42 Å². The zero-order valence-corrected chi connectivity index (χ0v) is 14.7. The lowest BCUT2D eigenvalue weighted by atomic mass is 10.0. The Balaban J connectivity index is 1.73. The monoisotopic (exact) mass is 367 g/mol. The largest absolute Gasteiger partial charge is 0.357 e. The average Bonchev–Trinajstić information content (AvgIpc) is 3.41. The van der Waals surface area contributed by atoms with Crippen LogP contribution in [-0.4, -0.2) is 39.9 Å². The van der Waals surface area contributed by atoms with Crippen molar-refractivity contribution in [3.05, 3.63) is 59.1 Å². The quantitative estimate of drug-likeness (QED) is 0.642. The summed E-state index contributed by atoms with van der Waals surface area (Å²) in [5.41, 5.74) is 2.21. The summed E-state index contributed by atoms with van der Waals surface area (Å²) in [6, 6.07) is 3.30. The highest BCUT2D eigenvalue weighted by Gasteiger charge is 2.24. The van der Waals surface area contributed by atoms with Gasteiger partial charge in [-0.3, -0.25) is 14.6 Å². The summed E-state index contributed by atoms with van der Waals surface area (Å²) in [6.45, 7) is 0. The molecule has 1 aliphatic rings. The third-order valence-electron chi connectivity index (χ3n) is 4.50. The average molecular weight is 367 g/mol. The molecule has 3 N–H and O–H groups in total. The third kappa shape index (κ3) is 3.51. The molecule has 2 amide bonds. The molecule has 0 aliphatic heterocycles. The number of fused-ring (bicyclic) bond motifs is 1. The first kappa shape index (κ1) is 17.1. The van der Waals surface area contributed by atoms with Crippen LogP contribution in [0.2, 0.25) is 0 Å². The van der Waals surface area contributed by atoms with Gasteiger partial charge in [0.05, 0.1) is 11.7 Å². The zero-order valence-electron chi connectivity index (χ0n) is 14.7. The first-order valence-electron chi connectivity index (χ1n) is 8.68. The standard InChI is InChI=1S/C19H18FN5O2/c1-21-19(27)15-6-10(18(26)25-12-2-3-12)4-13(24-15)5-11-7-22-9-16-17(11)14(20)8-23-16/h4,6-9,12,23H,2-3,5H2,1H3,(H,21,27)(H,25,26). The minimum atomic E-state index is -0.388. The van der Waals surface area contributed by atoms with Crippen LogP contribution >= 0.6 is 0 Å². The molecule has 0 unspecified atom stereocenters. The van der Waals surface area contributed by atoms with Crippen LogP contribution in [0.5, 0.6) is 0 Å². The number of nitrogens with zero attached hydrogens (tertiary/aromatic N) is 2. The summed E-state index contributed by atoms with van der Waals surface area (Å²) in [5.74, 6) is -1.01. The highest BCUT2D eigenvalue weighted by Crippen LogP contribution is 2.23. The van der Waals surface area contributed by atoms with E-state index in [1.54, 1.807) is 18.5 Å². The first-order valence-corrected chi connectivity index (χ1v) is 8.68. The molecule has 7 nitrogen and oxygen atoms in total. The predicted octanol–water partition coefficient (Wildman–Crippen LogP) is 1.94. The van der Waals surface area contributed by atoms with E-state index in [4.69, 9.17) is 0 Å². The third-order valence-corrected chi connectivity index (χ3v) is 4.50. The van der Waals surface area contributed by atoms with E-state index >= 15 is 0 Å². The molecule has 27 heavy (non-hydrogen) atoms. The van der Waals surface area contributed by atoms with E-state index in [1.807, 2.05) is 0 Å². The molecule has 0 spiro atoms. The molecule has 3 heterocycles. The summed E-state index contributed by atoms with van der Waals surface area (Å²) >= 11 is 0. The molecule has 138 valence electrons. The molecule has 1 aliphatic carbocycles. The van der Waals surface area contributed by atoms with Gasteiger partial charge in [-0.25, -0.2) is 9.37 Å². The Morgan fingerprint density at radius 1 is 1.26 bits per heavy atom. The molecule has 1 fully saturated rings. The molecule has 0 aromatic carbocycles. The predicted molar refractivity (Wildman–Crippen MR) is 97.0 cm³/mol. The van der Waals surface area contributed by atoms with Crippen LogP contribution in [0.4, 0.5) is 4.39 Å². The van der Waals surface area contributed by atoms with Crippen LogP contribution in [0.25, 0.3) is 10.9 Å². The minimum absolute atomic E-state index is 0.144. The number of rotatable bonds is 5. The van der Waals surface area contributed by atoms with Gasteiger partial charge in [0, 0.05) is 48.5 Å². The normalized spacial score (nSPS) is 13.6. The van der Waals surface area contributed by atoms with E-state index in [9.17, 15) is 14.0 Å². The van der Waals surface area contributed by atoms with Gasteiger partial charge in [-0.1, -0.05) is 0 Å². The van der Waals surface area contributed by atoms with Crippen molar-refractivity contribution in [3.63, 3.8) is 0 Å². The molecule has 3 aromatic rings. The van der Waals surface area contributed by atoms with Crippen molar-refractivity contribution < 1.29 is 14.0 Å². The van der Waals surface area contributed by atoms with E-state index in [0.717, 1.165) is 12.8 Å². The SMILES string of the molecule is CNC(=O)c1cc(C(=O)NC2CC2)cc(Cc2cncc3[nH]cc(F)c23)n1. The molecule has 0 atom stereocenters. The second-order valence-electron chi connectivity index (χ2n) is 6.59. The van der Waals surface area contributed by atoms with Crippen molar-refractivity contribution in [3.8, 4) is 0 Å². The fourth-order valence-corrected chi connectivity index (χ4v) is 2.99. The number of halogens is 1. The van der Waals surface area contributed by atoms with E-state index in [2.05, 4.69) is 25.6 Å². The van der Waals surface area contributed by atoms with Crippen molar-refractivity contribution in [1.82, 2.24) is 25.6 Å². The molecule has 3 aromatic heterocycles. The van der Waals surface area contributed by atoms with Gasteiger partial charge >= 0.3 is 0 Å². The van der Waals surface area contributed by atoms with Crippen molar-refractivity contribution in [2.24, 2.45) is 0 Å². The molecular weight excluding hydrogens is 349 g/mol. The van der Waals surface area contributed by atoms with Gasteiger partial charge in [0.15, 0.2) is 0 Å². The maximum Gasteiger partial charge on any atom is 0.269 e. The molecule has 4 rings (SSSR count). The molecule has 0 bridgehead atoms. The van der Waals surface area contributed by atoms with Crippen molar-refractivity contribution in [1.29, 1.82) is 0 Å². The summed E-state index contributed by atoms with van der Waals surface area (Å²) in [5, 5.41) is 5.85. The van der Waals surface area contributed by atoms with Crippen molar-refractivity contribution >= 4 is 22.7 Å². The highest BCUT2D eigenvalue weighted by atomic mass is 19.1. The van der Waals surface area contributed by atoms with Gasteiger partial charge in [0.1, 0.15) is 11.5 Å². The second kappa shape index (κ2) is 6.79. The van der Waals surface area contributed by atoms with E-state index < -0.39 is 0 Å². The Bertz CT molecular complexity index is 1040. The van der Waals surface area contributed by atoms with Crippen LogP contribution in [0.1, 0.15) is 44.9 Å². The van der Waals surface area contributed by atoms with Crippen LogP contribution in [0, 0.1) is 5.82 Å². The van der Waals surface area contributed by atoms with Crippen molar-refractivity contribution in [2.75, 3.05) is 7.05 Å². The maximum atomic E-state index is 14.1. The molecule has 0 radical (unpaired) electrons. The van der Waals surface area contributed by atoms with Crippen LogP contribution in [0.15, 0.2) is 30.7 Å². The topological polar surface area (TPSA) is 99.8 Å². The van der Waals surface area contributed by atoms with Gasteiger partial charge in [-0.05, 0) is 30.5 Å². The lowest BCUT2D eigenvalue weighted by molar-refractivity contribution is 0.0951. The molecule has 0 saturated heterocycles. The van der Waals surface area contributed by atoms with E-state index in [-0.39, 0.29) is 35.8 Å². The summed E-state index contributed by atoms with van der Waals surface area (Å²) in [7, 11) is 1.50. The summed E-state index contributed by atoms with van der Waals surface area (Å²) < 4.78 is 14.1. The van der Waals surface area contributed by atoms with Gasteiger partial charge in [-0.15, -0.1) is 0 Å². The Hall–Kier alpha value is -3.29. The number of nitrogens with one attached hydrogen (secondary N) is 3. The Morgan fingerprint density at radius 3 is 2.81 bits per heavy atom. The lowest BCUT2D eigenvalue weighted by Crippen LogP contribution is -2.27. The number of pyridine rings is 2. The summed E-state index contributed by atoms with van der Waals surface area (Å²) in [6.07, 6.45) is 6.56. The number of amides is 2. The number of hydrogen-bond acceptors (Lipinski definition) is 4. The Morgan fingerprint density at radius 2 is 2.07 bits per heavy atom. The molecule has 8 heteroatoms. The number of H-pyrrole nitrogens is 1. The zero-order chi connectivity index (χ0) is 19.0. The minimum Gasteiger partial charge on any atom is -0.357 e. The van der Waals surface area contributed by atoms with Gasteiger partial charge in [0.25, 0.3) is 11.8 Å². The maximum absolute atomic E-state index is 14.1. The lowest BCUT2D eigenvalue weighted by Gasteiger charge is -2.09. The number of carbonyl (C=O) groups excluding carboxylic acids is 2. The smallest absolute Gasteiger partial charge is 0.269 e. The van der Waals surface area contributed by atoms with Gasteiger partial charge in [-0.2, -0.15) is 0 Å². The highest BCUT2D eigenvalue weighted by molar-refractivity contribution is 5.99. The van der Waals surface area contributed by atoms with Crippen LogP contribution < -0.4 is 10.6 Å². The summed E-state index contributed by atoms with van der Waals surface area (Å²) in [4.78, 5) is 35.8. The fourth-order valence-electron chi connectivity index (χ4n) is 2.99. The van der Waals surface area contributed by atoms with Crippen molar-refractivity contribution in [2.45, 2.75) is 25.3 Å². The number of aromatic nitrogens is 3. The number of hydrogen-bond donors (Lipinski definition) is 3. The number of carbonyl (C=O) groups is 2. The first-order chi connectivity index (χ1) is 13.0. The van der Waals surface area contributed by atoms with Gasteiger partial charge < -0.3 is 15.6 Å².